The standard InChI is InChI=1S/C11H10BrFN4O/c12-9-7-8(1-2-10(9)13)15-11(18)3-5-17-6-4-14-16-17/h1-2,4,6-7H,3,5H2,(H,15,18). The van der Waals surface area contributed by atoms with Gasteiger partial charge in [0.2, 0.25) is 5.91 Å². The maximum Gasteiger partial charge on any atom is 0.226 e. The highest BCUT2D eigenvalue weighted by molar-refractivity contribution is 9.10. The van der Waals surface area contributed by atoms with Crippen LogP contribution in [0, 0.1) is 5.82 Å². The maximum atomic E-state index is 13.0. The van der Waals surface area contributed by atoms with Gasteiger partial charge in [-0.3, -0.25) is 9.48 Å². The number of benzene rings is 1. The van der Waals surface area contributed by atoms with Crippen molar-refractivity contribution in [3.63, 3.8) is 0 Å². The molecule has 0 saturated carbocycles. The molecule has 1 heterocycles. The molecule has 94 valence electrons. The molecule has 0 spiro atoms. The molecular formula is C11H10BrFN4O. The Morgan fingerprint density at radius 2 is 2.33 bits per heavy atom. The molecule has 0 aliphatic rings. The van der Waals surface area contributed by atoms with Crippen LogP contribution in [0.25, 0.3) is 0 Å². The molecule has 0 aliphatic heterocycles. The highest BCUT2D eigenvalue weighted by Gasteiger charge is 2.05. The SMILES string of the molecule is O=C(CCn1ccnn1)Nc1ccc(F)c(Br)c1. The van der Waals surface area contributed by atoms with Crippen molar-refractivity contribution in [2.24, 2.45) is 0 Å². The van der Waals surface area contributed by atoms with Crippen molar-refractivity contribution in [1.82, 2.24) is 15.0 Å². The fourth-order valence-electron chi connectivity index (χ4n) is 1.37. The summed E-state index contributed by atoms with van der Waals surface area (Å²) in [4.78, 5) is 11.6. The largest absolute Gasteiger partial charge is 0.326 e. The van der Waals surface area contributed by atoms with Gasteiger partial charge < -0.3 is 5.32 Å². The minimum Gasteiger partial charge on any atom is -0.326 e. The summed E-state index contributed by atoms with van der Waals surface area (Å²) in [6, 6.07) is 4.31. The number of nitrogens with one attached hydrogen (secondary N) is 1. The predicted molar refractivity (Wildman–Crippen MR) is 67.4 cm³/mol. The second-order valence-electron chi connectivity index (χ2n) is 3.59. The Bertz CT molecular complexity index is 544. The minimum atomic E-state index is -0.365. The zero-order chi connectivity index (χ0) is 13.0. The van der Waals surface area contributed by atoms with Gasteiger partial charge in [0, 0.05) is 18.3 Å². The first-order valence-electron chi connectivity index (χ1n) is 5.24. The molecule has 2 aromatic rings. The van der Waals surface area contributed by atoms with E-state index >= 15 is 0 Å². The average Bonchev–Trinajstić information content (AvgIpc) is 2.84. The van der Waals surface area contributed by atoms with E-state index in [1.807, 2.05) is 0 Å². The van der Waals surface area contributed by atoms with E-state index in [0.29, 0.717) is 16.7 Å². The van der Waals surface area contributed by atoms with Crippen LogP contribution in [0.3, 0.4) is 0 Å². The predicted octanol–water partition coefficient (Wildman–Crippen LogP) is 2.21. The highest BCUT2D eigenvalue weighted by Crippen LogP contribution is 2.20. The summed E-state index contributed by atoms with van der Waals surface area (Å²) >= 11 is 3.06. The summed E-state index contributed by atoms with van der Waals surface area (Å²) in [6.07, 6.45) is 3.51. The third-order valence-electron chi connectivity index (χ3n) is 2.24. The van der Waals surface area contributed by atoms with Crippen molar-refractivity contribution >= 4 is 27.5 Å². The lowest BCUT2D eigenvalue weighted by molar-refractivity contribution is -0.116. The maximum absolute atomic E-state index is 13.0. The van der Waals surface area contributed by atoms with Crippen LogP contribution in [-0.4, -0.2) is 20.9 Å². The molecule has 7 heteroatoms. The van der Waals surface area contributed by atoms with E-state index in [9.17, 15) is 9.18 Å². The van der Waals surface area contributed by atoms with Gasteiger partial charge in [-0.2, -0.15) is 0 Å². The van der Waals surface area contributed by atoms with Gasteiger partial charge in [0.1, 0.15) is 5.82 Å². The molecule has 0 bridgehead atoms. The molecule has 1 N–H and O–H groups in total. The lowest BCUT2D eigenvalue weighted by Crippen LogP contribution is -2.14. The van der Waals surface area contributed by atoms with Gasteiger partial charge in [0.25, 0.3) is 0 Å². The van der Waals surface area contributed by atoms with Crippen molar-refractivity contribution in [2.45, 2.75) is 13.0 Å². The van der Waals surface area contributed by atoms with Crippen molar-refractivity contribution in [3.05, 3.63) is 40.9 Å². The number of carbonyl (C=O) groups is 1. The normalized spacial score (nSPS) is 10.3. The van der Waals surface area contributed by atoms with Crippen LogP contribution in [0.1, 0.15) is 6.42 Å². The van der Waals surface area contributed by atoms with E-state index in [1.54, 1.807) is 17.1 Å². The summed E-state index contributed by atoms with van der Waals surface area (Å²) in [5.41, 5.74) is 0.548. The first kappa shape index (κ1) is 12.7. The Balaban J connectivity index is 1.88. The minimum absolute atomic E-state index is 0.163. The highest BCUT2D eigenvalue weighted by atomic mass is 79.9. The summed E-state index contributed by atoms with van der Waals surface area (Å²) in [5.74, 6) is -0.528. The molecule has 0 unspecified atom stereocenters. The first-order chi connectivity index (χ1) is 8.65. The molecule has 0 atom stereocenters. The summed E-state index contributed by atoms with van der Waals surface area (Å²) in [5, 5.41) is 10.1. The van der Waals surface area contributed by atoms with Crippen LogP contribution in [0.2, 0.25) is 0 Å². The molecule has 1 aromatic heterocycles. The number of anilines is 1. The number of amides is 1. The number of aryl methyl sites for hydroxylation is 1. The van der Waals surface area contributed by atoms with E-state index in [0.717, 1.165) is 0 Å². The second-order valence-corrected chi connectivity index (χ2v) is 4.45. The van der Waals surface area contributed by atoms with Gasteiger partial charge >= 0.3 is 0 Å². The van der Waals surface area contributed by atoms with Crippen molar-refractivity contribution in [2.75, 3.05) is 5.32 Å². The zero-order valence-electron chi connectivity index (χ0n) is 9.31. The van der Waals surface area contributed by atoms with Crippen LogP contribution in [0.5, 0.6) is 0 Å². The smallest absolute Gasteiger partial charge is 0.226 e. The number of carbonyl (C=O) groups excluding carboxylic acids is 1. The summed E-state index contributed by atoms with van der Waals surface area (Å²) in [7, 11) is 0. The van der Waals surface area contributed by atoms with Crippen molar-refractivity contribution in [1.29, 1.82) is 0 Å². The monoisotopic (exact) mass is 312 g/mol. The van der Waals surface area contributed by atoms with Crippen LogP contribution >= 0.6 is 15.9 Å². The molecule has 1 aromatic carbocycles. The molecular weight excluding hydrogens is 303 g/mol. The van der Waals surface area contributed by atoms with Crippen LogP contribution < -0.4 is 5.32 Å². The molecule has 1 amide bonds. The van der Waals surface area contributed by atoms with Crippen LogP contribution in [0.4, 0.5) is 10.1 Å². The third-order valence-corrected chi connectivity index (χ3v) is 2.85. The molecule has 0 saturated heterocycles. The lowest BCUT2D eigenvalue weighted by Gasteiger charge is -2.06. The van der Waals surface area contributed by atoms with Crippen LogP contribution in [0.15, 0.2) is 35.1 Å². The van der Waals surface area contributed by atoms with Gasteiger partial charge in [-0.25, -0.2) is 4.39 Å². The molecule has 18 heavy (non-hydrogen) atoms. The van der Waals surface area contributed by atoms with E-state index in [-0.39, 0.29) is 18.1 Å². The molecule has 0 aliphatic carbocycles. The topological polar surface area (TPSA) is 59.8 Å². The molecule has 0 fully saturated rings. The number of aromatic nitrogens is 3. The first-order valence-corrected chi connectivity index (χ1v) is 6.03. The van der Waals surface area contributed by atoms with Gasteiger partial charge in [0.15, 0.2) is 0 Å². The quantitative estimate of drug-likeness (QED) is 0.941. The van der Waals surface area contributed by atoms with Crippen LogP contribution in [-0.2, 0) is 11.3 Å². The molecule has 5 nitrogen and oxygen atoms in total. The van der Waals surface area contributed by atoms with Crippen molar-refractivity contribution in [3.8, 4) is 0 Å². The van der Waals surface area contributed by atoms with Gasteiger partial charge in [-0.1, -0.05) is 5.21 Å². The summed E-state index contributed by atoms with van der Waals surface area (Å²) < 4.78 is 14.9. The fourth-order valence-corrected chi connectivity index (χ4v) is 1.74. The Morgan fingerprint density at radius 1 is 1.50 bits per heavy atom. The lowest BCUT2D eigenvalue weighted by atomic mass is 10.3. The zero-order valence-corrected chi connectivity index (χ0v) is 10.9. The van der Waals surface area contributed by atoms with E-state index in [4.69, 9.17) is 0 Å². The number of halogens is 2. The second kappa shape index (κ2) is 5.72. The Hall–Kier alpha value is -1.76. The Morgan fingerprint density at radius 3 is 3.00 bits per heavy atom. The average molecular weight is 313 g/mol. The van der Waals surface area contributed by atoms with Gasteiger partial charge in [-0.05, 0) is 34.1 Å². The number of rotatable bonds is 4. The van der Waals surface area contributed by atoms with E-state index < -0.39 is 0 Å². The van der Waals surface area contributed by atoms with Gasteiger partial charge in [-0.15, -0.1) is 5.10 Å². The Labute approximate surface area is 111 Å². The van der Waals surface area contributed by atoms with Crippen molar-refractivity contribution < 1.29 is 9.18 Å². The molecule has 0 radical (unpaired) electrons. The van der Waals surface area contributed by atoms with E-state index in [2.05, 4.69) is 31.6 Å². The summed E-state index contributed by atoms with van der Waals surface area (Å²) in [6.45, 7) is 0.453. The Kier molecular flexibility index (Phi) is 4.03. The number of hydrogen-bond donors (Lipinski definition) is 1. The number of hydrogen-bond acceptors (Lipinski definition) is 3. The van der Waals surface area contributed by atoms with E-state index in [1.165, 1.54) is 18.2 Å². The number of nitrogens with zero attached hydrogens (tertiary/aromatic N) is 3. The van der Waals surface area contributed by atoms with Gasteiger partial charge in [0.05, 0.1) is 17.2 Å². The molecule has 2 rings (SSSR count). The fraction of sp³-hybridized carbons (Fsp3) is 0.182. The third kappa shape index (κ3) is 3.36.